The predicted molar refractivity (Wildman–Crippen MR) is 136 cm³/mol. The molecule has 0 spiro atoms. The minimum atomic E-state index is -0.538. The van der Waals surface area contributed by atoms with Gasteiger partial charge in [-0.05, 0) is 45.2 Å². The van der Waals surface area contributed by atoms with E-state index in [-0.39, 0.29) is 11.9 Å². The van der Waals surface area contributed by atoms with Crippen LogP contribution in [-0.2, 0) is 0 Å². The van der Waals surface area contributed by atoms with E-state index in [0.717, 1.165) is 25.7 Å². The number of benzene rings is 1. The Balaban J connectivity index is 2.11. The van der Waals surface area contributed by atoms with Crippen molar-refractivity contribution in [2.45, 2.75) is 98.0 Å². The van der Waals surface area contributed by atoms with Gasteiger partial charge in [0.15, 0.2) is 17.1 Å². The van der Waals surface area contributed by atoms with Crippen molar-refractivity contribution >= 4 is 11.0 Å². The highest BCUT2D eigenvalue weighted by Gasteiger charge is 2.21. The maximum Gasteiger partial charge on any atom is 0.383 e. The number of unbranched alkanes of at least 4 members (excludes halogenated alkanes) is 7. The molecule has 5 heteroatoms. The summed E-state index contributed by atoms with van der Waals surface area (Å²) in [7, 11) is 0. The standard InChI is InChI=1S/C28H42O5/c1-5-7-9-11-12-13-14-16-21-31-26-23-18-17-19-24(30-20-15-10-8-6-2)25(23)33-28(29)27(26)32-22(3)4/h8,10,17-19,22H,5-7,9,11-16,20-21H2,1-4H3/b10-8+. The van der Waals surface area contributed by atoms with Crippen LogP contribution in [0.3, 0.4) is 0 Å². The van der Waals surface area contributed by atoms with E-state index >= 15 is 0 Å². The molecule has 1 aromatic carbocycles. The van der Waals surface area contributed by atoms with Crippen LogP contribution in [0.1, 0.15) is 91.9 Å². The van der Waals surface area contributed by atoms with Gasteiger partial charge in [-0.15, -0.1) is 0 Å². The average molecular weight is 459 g/mol. The van der Waals surface area contributed by atoms with Gasteiger partial charge in [0, 0.05) is 0 Å². The van der Waals surface area contributed by atoms with Crippen molar-refractivity contribution in [3.8, 4) is 17.2 Å². The molecule has 0 radical (unpaired) electrons. The maximum atomic E-state index is 12.8. The highest BCUT2D eigenvalue weighted by atomic mass is 16.5. The Morgan fingerprint density at radius 1 is 0.879 bits per heavy atom. The molecule has 0 saturated carbocycles. The van der Waals surface area contributed by atoms with Gasteiger partial charge in [0.25, 0.3) is 0 Å². The van der Waals surface area contributed by atoms with Gasteiger partial charge in [0.2, 0.25) is 5.75 Å². The molecule has 184 valence electrons. The number of allylic oxidation sites excluding steroid dienone is 1. The Hall–Kier alpha value is -2.43. The third kappa shape index (κ3) is 9.15. The van der Waals surface area contributed by atoms with E-state index in [4.69, 9.17) is 18.6 Å². The summed E-state index contributed by atoms with van der Waals surface area (Å²) in [5.41, 5.74) is -0.131. The monoisotopic (exact) mass is 458 g/mol. The van der Waals surface area contributed by atoms with Crippen molar-refractivity contribution in [2.75, 3.05) is 13.2 Å². The molecule has 0 aliphatic heterocycles. The first-order chi connectivity index (χ1) is 16.1. The number of fused-ring (bicyclic) bond motifs is 1. The smallest absolute Gasteiger partial charge is 0.383 e. The molecule has 0 aliphatic rings. The van der Waals surface area contributed by atoms with E-state index in [1.165, 1.54) is 38.5 Å². The van der Waals surface area contributed by atoms with Crippen LogP contribution in [-0.4, -0.2) is 19.3 Å². The average Bonchev–Trinajstić information content (AvgIpc) is 2.79. The molecule has 1 aromatic heterocycles. The van der Waals surface area contributed by atoms with Gasteiger partial charge in [-0.3, -0.25) is 0 Å². The molecule has 0 amide bonds. The fourth-order valence-electron chi connectivity index (χ4n) is 3.68. The molecule has 0 N–H and O–H groups in total. The number of ether oxygens (including phenoxy) is 3. The first-order valence-corrected chi connectivity index (χ1v) is 12.8. The molecule has 33 heavy (non-hydrogen) atoms. The van der Waals surface area contributed by atoms with Gasteiger partial charge < -0.3 is 18.6 Å². The molecule has 1 heterocycles. The lowest BCUT2D eigenvalue weighted by Crippen LogP contribution is -2.15. The molecule has 0 bridgehead atoms. The molecule has 0 saturated heterocycles. The molecular weight excluding hydrogens is 416 g/mol. The Morgan fingerprint density at radius 3 is 2.30 bits per heavy atom. The third-order valence-corrected chi connectivity index (χ3v) is 5.35. The van der Waals surface area contributed by atoms with Gasteiger partial charge in [-0.25, -0.2) is 4.79 Å². The lowest BCUT2D eigenvalue weighted by Gasteiger charge is -2.16. The highest BCUT2D eigenvalue weighted by molar-refractivity contribution is 5.89. The summed E-state index contributed by atoms with van der Waals surface area (Å²) in [5.74, 6) is 1.14. The molecule has 0 fully saturated rings. The number of para-hydroxylation sites is 1. The predicted octanol–water partition coefficient (Wildman–Crippen LogP) is 7.83. The normalized spacial score (nSPS) is 11.5. The van der Waals surface area contributed by atoms with Gasteiger partial charge in [0.1, 0.15) is 0 Å². The van der Waals surface area contributed by atoms with Crippen LogP contribution in [0.4, 0.5) is 0 Å². The minimum absolute atomic E-state index is 0.139. The van der Waals surface area contributed by atoms with Crippen LogP contribution >= 0.6 is 0 Å². The largest absolute Gasteiger partial charge is 0.489 e. The van der Waals surface area contributed by atoms with Crippen LogP contribution in [0.2, 0.25) is 0 Å². The second kappa shape index (κ2) is 15.4. The first-order valence-electron chi connectivity index (χ1n) is 12.8. The number of hydrogen-bond donors (Lipinski definition) is 0. The van der Waals surface area contributed by atoms with E-state index in [0.29, 0.717) is 35.7 Å². The molecule has 5 nitrogen and oxygen atoms in total. The SMILES string of the molecule is CC/C=C/CCOc1cccc2c(OCCCCCCCCCC)c(OC(C)C)c(=O)oc12. The molecule has 0 unspecified atom stereocenters. The van der Waals surface area contributed by atoms with Gasteiger partial charge in [-0.1, -0.05) is 77.0 Å². The lowest BCUT2D eigenvalue weighted by atomic mass is 10.1. The van der Waals surface area contributed by atoms with Crippen LogP contribution in [0.5, 0.6) is 17.2 Å². The summed E-state index contributed by atoms with van der Waals surface area (Å²) in [5, 5.41) is 0.700. The van der Waals surface area contributed by atoms with Crippen molar-refractivity contribution < 1.29 is 18.6 Å². The Bertz CT molecular complexity index is 897. The minimum Gasteiger partial charge on any atom is -0.489 e. The van der Waals surface area contributed by atoms with E-state index < -0.39 is 5.63 Å². The van der Waals surface area contributed by atoms with Crippen LogP contribution in [0.15, 0.2) is 39.6 Å². The fourth-order valence-corrected chi connectivity index (χ4v) is 3.68. The highest BCUT2D eigenvalue weighted by Crippen LogP contribution is 2.37. The zero-order chi connectivity index (χ0) is 23.9. The van der Waals surface area contributed by atoms with E-state index in [9.17, 15) is 4.79 Å². The van der Waals surface area contributed by atoms with Crippen molar-refractivity contribution in [1.82, 2.24) is 0 Å². The van der Waals surface area contributed by atoms with E-state index in [1.54, 1.807) is 0 Å². The fraction of sp³-hybridized carbons (Fsp3) is 0.607. The van der Waals surface area contributed by atoms with Crippen molar-refractivity contribution in [1.29, 1.82) is 0 Å². The number of hydrogen-bond acceptors (Lipinski definition) is 5. The van der Waals surface area contributed by atoms with Crippen LogP contribution < -0.4 is 19.8 Å². The summed E-state index contributed by atoms with van der Waals surface area (Å²) in [6.45, 7) is 9.16. The second-order valence-electron chi connectivity index (χ2n) is 8.69. The second-order valence-corrected chi connectivity index (χ2v) is 8.69. The van der Waals surface area contributed by atoms with Crippen molar-refractivity contribution in [3.05, 3.63) is 40.8 Å². The summed E-state index contributed by atoms with van der Waals surface area (Å²) in [4.78, 5) is 12.8. The van der Waals surface area contributed by atoms with E-state index in [2.05, 4.69) is 26.0 Å². The summed E-state index contributed by atoms with van der Waals surface area (Å²) in [6.07, 6.45) is 15.6. The summed E-state index contributed by atoms with van der Waals surface area (Å²) >= 11 is 0. The molecule has 0 aliphatic carbocycles. The summed E-state index contributed by atoms with van der Waals surface area (Å²) in [6, 6.07) is 5.60. The maximum absolute atomic E-state index is 12.8. The molecule has 0 atom stereocenters. The summed E-state index contributed by atoms with van der Waals surface area (Å²) < 4.78 is 23.5. The molecule has 2 rings (SSSR count). The first kappa shape index (κ1) is 26.8. The van der Waals surface area contributed by atoms with Gasteiger partial charge in [0.05, 0.1) is 24.7 Å². The number of rotatable bonds is 17. The zero-order valence-electron chi connectivity index (χ0n) is 21.0. The quantitative estimate of drug-likeness (QED) is 0.137. The third-order valence-electron chi connectivity index (χ3n) is 5.35. The van der Waals surface area contributed by atoms with Crippen molar-refractivity contribution in [2.24, 2.45) is 0 Å². The topological polar surface area (TPSA) is 57.9 Å². The Labute approximate surface area is 199 Å². The lowest BCUT2D eigenvalue weighted by molar-refractivity contribution is 0.210. The Morgan fingerprint density at radius 2 is 1.61 bits per heavy atom. The Kier molecular flexibility index (Phi) is 12.5. The molecular formula is C28H42O5. The van der Waals surface area contributed by atoms with E-state index in [1.807, 2.05) is 32.0 Å². The van der Waals surface area contributed by atoms with Gasteiger partial charge >= 0.3 is 5.63 Å². The molecule has 2 aromatic rings. The van der Waals surface area contributed by atoms with Crippen molar-refractivity contribution in [3.63, 3.8) is 0 Å². The zero-order valence-corrected chi connectivity index (χ0v) is 21.0. The van der Waals surface area contributed by atoms with Gasteiger partial charge in [-0.2, -0.15) is 0 Å². The van der Waals surface area contributed by atoms with Crippen LogP contribution in [0.25, 0.3) is 11.0 Å². The van der Waals surface area contributed by atoms with Crippen LogP contribution in [0, 0.1) is 0 Å².